The van der Waals surface area contributed by atoms with Crippen molar-refractivity contribution in [1.29, 1.82) is 0 Å². The van der Waals surface area contributed by atoms with Gasteiger partial charge in [0.05, 0.1) is 13.3 Å². The summed E-state index contributed by atoms with van der Waals surface area (Å²) >= 11 is 0. The Kier molecular flexibility index (Phi) is 4.02. The van der Waals surface area contributed by atoms with Crippen molar-refractivity contribution in [3.63, 3.8) is 0 Å². The summed E-state index contributed by atoms with van der Waals surface area (Å²) in [7, 11) is 1.71. The third-order valence-electron chi connectivity index (χ3n) is 5.06. The summed E-state index contributed by atoms with van der Waals surface area (Å²) < 4.78 is 5.31. The van der Waals surface area contributed by atoms with Gasteiger partial charge in [0.25, 0.3) is 0 Å². The monoisotopic (exact) mass is 324 g/mol. The Balaban J connectivity index is 1.49. The maximum absolute atomic E-state index is 5.31. The van der Waals surface area contributed by atoms with Crippen LogP contribution in [0.15, 0.2) is 30.5 Å². The Morgan fingerprint density at radius 2 is 2.25 bits per heavy atom. The van der Waals surface area contributed by atoms with Crippen LogP contribution in [0.2, 0.25) is 0 Å². The molecule has 0 aliphatic carbocycles. The molecule has 4 rings (SSSR count). The van der Waals surface area contributed by atoms with Crippen molar-refractivity contribution in [2.75, 3.05) is 20.2 Å². The van der Waals surface area contributed by atoms with E-state index in [0.29, 0.717) is 5.92 Å². The smallest absolute Gasteiger partial charge is 0.119 e. The Hall–Kier alpha value is -2.27. The zero-order valence-electron chi connectivity index (χ0n) is 14.3. The molecule has 3 aromatic rings. The highest BCUT2D eigenvalue weighted by atomic mass is 16.5. The van der Waals surface area contributed by atoms with E-state index in [0.717, 1.165) is 25.4 Å². The highest BCUT2D eigenvalue weighted by Gasteiger charge is 2.24. The lowest BCUT2D eigenvalue weighted by molar-refractivity contribution is 0.196. The molecule has 5 heteroatoms. The number of hydrogen-bond acceptors (Lipinski definition) is 3. The number of ether oxygens (including phenoxy) is 1. The first-order valence-electron chi connectivity index (χ1n) is 8.61. The SMILES string of the molecule is COc1ccc2[nH]c(CN3CCC[C@@H](c4[nH]ncc4C)C3)cc2c1. The maximum atomic E-state index is 5.31. The van der Waals surface area contributed by atoms with Crippen LogP contribution in [0.3, 0.4) is 0 Å². The molecule has 0 bridgehead atoms. The Morgan fingerprint density at radius 1 is 1.33 bits per heavy atom. The second-order valence-corrected chi connectivity index (χ2v) is 6.79. The normalized spacial score (nSPS) is 19.0. The average molecular weight is 324 g/mol. The first-order valence-corrected chi connectivity index (χ1v) is 8.61. The number of benzene rings is 1. The molecule has 0 radical (unpaired) electrons. The molecule has 1 aromatic carbocycles. The predicted octanol–water partition coefficient (Wildman–Crippen LogP) is 3.59. The predicted molar refractivity (Wildman–Crippen MR) is 95.4 cm³/mol. The van der Waals surface area contributed by atoms with Gasteiger partial charge in [-0.3, -0.25) is 10.00 Å². The number of hydrogen-bond donors (Lipinski definition) is 2. The molecule has 0 saturated carbocycles. The van der Waals surface area contributed by atoms with Crippen molar-refractivity contribution < 1.29 is 4.74 Å². The number of piperidine rings is 1. The molecular formula is C19H24N4O. The largest absolute Gasteiger partial charge is 0.497 e. The van der Waals surface area contributed by atoms with Crippen LogP contribution in [0, 0.1) is 6.92 Å². The van der Waals surface area contributed by atoms with Crippen molar-refractivity contribution in [1.82, 2.24) is 20.1 Å². The zero-order chi connectivity index (χ0) is 16.5. The number of aryl methyl sites for hydroxylation is 1. The van der Waals surface area contributed by atoms with Gasteiger partial charge in [-0.05, 0) is 56.1 Å². The molecule has 3 heterocycles. The first kappa shape index (κ1) is 15.3. The fraction of sp³-hybridized carbons (Fsp3) is 0.421. The fourth-order valence-electron chi connectivity index (χ4n) is 3.83. The molecule has 5 nitrogen and oxygen atoms in total. The van der Waals surface area contributed by atoms with Gasteiger partial charge in [-0.15, -0.1) is 0 Å². The van der Waals surface area contributed by atoms with Crippen LogP contribution >= 0.6 is 0 Å². The first-order chi connectivity index (χ1) is 11.7. The molecule has 1 aliphatic heterocycles. The molecule has 0 unspecified atom stereocenters. The van der Waals surface area contributed by atoms with Crippen molar-refractivity contribution in [3.05, 3.63) is 47.4 Å². The number of methoxy groups -OCH3 is 1. The van der Waals surface area contributed by atoms with E-state index in [1.165, 1.54) is 40.7 Å². The van der Waals surface area contributed by atoms with Gasteiger partial charge in [-0.25, -0.2) is 0 Å². The van der Waals surface area contributed by atoms with E-state index in [2.05, 4.69) is 45.2 Å². The quantitative estimate of drug-likeness (QED) is 0.771. The number of nitrogens with one attached hydrogen (secondary N) is 2. The van der Waals surface area contributed by atoms with Gasteiger partial charge in [-0.1, -0.05) is 0 Å². The van der Waals surface area contributed by atoms with Crippen LogP contribution in [-0.2, 0) is 6.54 Å². The van der Waals surface area contributed by atoms with Crippen LogP contribution in [-0.4, -0.2) is 40.3 Å². The van der Waals surface area contributed by atoms with E-state index in [9.17, 15) is 0 Å². The maximum Gasteiger partial charge on any atom is 0.119 e. The third-order valence-corrected chi connectivity index (χ3v) is 5.06. The minimum atomic E-state index is 0.561. The van der Waals surface area contributed by atoms with Gasteiger partial charge in [0.2, 0.25) is 0 Å². The molecule has 1 fully saturated rings. The highest BCUT2D eigenvalue weighted by Crippen LogP contribution is 2.29. The second-order valence-electron chi connectivity index (χ2n) is 6.79. The fourth-order valence-corrected chi connectivity index (χ4v) is 3.83. The number of rotatable bonds is 4. The summed E-state index contributed by atoms with van der Waals surface area (Å²) in [5.41, 5.74) is 5.02. The molecule has 126 valence electrons. The Labute approximate surface area is 142 Å². The number of nitrogens with zero attached hydrogens (tertiary/aromatic N) is 2. The van der Waals surface area contributed by atoms with E-state index in [-0.39, 0.29) is 0 Å². The van der Waals surface area contributed by atoms with Crippen molar-refractivity contribution in [2.24, 2.45) is 0 Å². The molecule has 0 spiro atoms. The topological polar surface area (TPSA) is 56.9 Å². The molecule has 0 amide bonds. The van der Waals surface area contributed by atoms with Crippen LogP contribution in [0.5, 0.6) is 5.75 Å². The van der Waals surface area contributed by atoms with Crippen molar-refractivity contribution in [2.45, 2.75) is 32.2 Å². The lowest BCUT2D eigenvalue weighted by Gasteiger charge is -2.32. The van der Waals surface area contributed by atoms with E-state index in [4.69, 9.17) is 4.74 Å². The molecule has 1 atom stereocenters. The van der Waals surface area contributed by atoms with Crippen LogP contribution in [0.4, 0.5) is 0 Å². The van der Waals surface area contributed by atoms with Crippen molar-refractivity contribution in [3.8, 4) is 5.75 Å². The molecule has 24 heavy (non-hydrogen) atoms. The summed E-state index contributed by atoms with van der Waals surface area (Å²) in [6, 6.07) is 8.41. The van der Waals surface area contributed by atoms with Gasteiger partial charge in [-0.2, -0.15) is 5.10 Å². The third kappa shape index (κ3) is 2.91. The summed E-state index contributed by atoms with van der Waals surface area (Å²) in [4.78, 5) is 6.08. The second kappa shape index (κ2) is 6.32. The molecule has 1 saturated heterocycles. The summed E-state index contributed by atoms with van der Waals surface area (Å²) in [5.74, 6) is 1.46. The number of aromatic nitrogens is 3. The lowest BCUT2D eigenvalue weighted by Crippen LogP contribution is -2.34. The average Bonchev–Trinajstić information content (AvgIpc) is 3.19. The van der Waals surface area contributed by atoms with Crippen LogP contribution in [0.25, 0.3) is 10.9 Å². The van der Waals surface area contributed by atoms with E-state index < -0.39 is 0 Å². The summed E-state index contributed by atoms with van der Waals surface area (Å²) in [6.07, 6.45) is 4.40. The summed E-state index contributed by atoms with van der Waals surface area (Å²) in [6.45, 7) is 5.34. The highest BCUT2D eigenvalue weighted by molar-refractivity contribution is 5.81. The number of fused-ring (bicyclic) bond motifs is 1. The van der Waals surface area contributed by atoms with Gasteiger partial charge < -0.3 is 9.72 Å². The number of likely N-dealkylation sites (tertiary alicyclic amines) is 1. The molecular weight excluding hydrogens is 300 g/mol. The van der Waals surface area contributed by atoms with E-state index in [1.807, 2.05) is 12.3 Å². The lowest BCUT2D eigenvalue weighted by atomic mass is 9.93. The van der Waals surface area contributed by atoms with Crippen molar-refractivity contribution >= 4 is 10.9 Å². The van der Waals surface area contributed by atoms with Crippen LogP contribution in [0.1, 0.15) is 35.7 Å². The minimum absolute atomic E-state index is 0.561. The van der Waals surface area contributed by atoms with Gasteiger partial charge in [0.1, 0.15) is 5.75 Å². The van der Waals surface area contributed by atoms with Gasteiger partial charge in [0, 0.05) is 41.3 Å². The Bertz CT molecular complexity index is 835. The minimum Gasteiger partial charge on any atom is -0.497 e. The van der Waals surface area contributed by atoms with E-state index >= 15 is 0 Å². The number of H-pyrrole nitrogens is 2. The molecule has 1 aliphatic rings. The van der Waals surface area contributed by atoms with Gasteiger partial charge >= 0.3 is 0 Å². The number of aromatic amines is 2. The standard InChI is InChI=1S/C19H24N4O/c1-13-10-20-22-19(13)14-4-3-7-23(11-14)12-16-8-15-9-17(24-2)5-6-18(15)21-16/h5-6,8-10,14,21H,3-4,7,11-12H2,1-2H3,(H,20,22)/t14-/m1/s1. The Morgan fingerprint density at radius 3 is 3.04 bits per heavy atom. The zero-order valence-corrected chi connectivity index (χ0v) is 14.3. The van der Waals surface area contributed by atoms with Gasteiger partial charge in [0.15, 0.2) is 0 Å². The molecule has 2 aromatic heterocycles. The summed E-state index contributed by atoms with van der Waals surface area (Å²) in [5, 5.41) is 8.60. The van der Waals surface area contributed by atoms with Crippen LogP contribution < -0.4 is 4.74 Å². The van der Waals surface area contributed by atoms with E-state index in [1.54, 1.807) is 7.11 Å². The molecule has 2 N–H and O–H groups in total.